The van der Waals surface area contributed by atoms with Crippen molar-refractivity contribution in [3.63, 3.8) is 0 Å². The van der Waals surface area contributed by atoms with E-state index in [9.17, 15) is 4.79 Å². The van der Waals surface area contributed by atoms with Gasteiger partial charge in [0.25, 0.3) is 0 Å². The van der Waals surface area contributed by atoms with Crippen molar-refractivity contribution in [2.45, 2.75) is 24.7 Å². The summed E-state index contributed by atoms with van der Waals surface area (Å²) in [6, 6.07) is 10.5. The topological polar surface area (TPSA) is 41.1 Å². The molecule has 0 saturated heterocycles. The molecule has 18 heavy (non-hydrogen) atoms. The standard InChI is InChI=1S/C14H20N2O.ClH/c1-15-10-13(17)16-11-14(8-5-9-14)12-6-3-2-4-7-12;/h2-4,6-7,15H,5,8-11H2,1H3,(H,16,17);1H. The van der Waals surface area contributed by atoms with E-state index in [2.05, 4.69) is 34.9 Å². The number of benzene rings is 1. The molecule has 0 spiro atoms. The Kier molecular flexibility index (Phi) is 5.63. The molecule has 1 aliphatic carbocycles. The van der Waals surface area contributed by atoms with Crippen molar-refractivity contribution in [3.8, 4) is 0 Å². The molecule has 1 aromatic rings. The van der Waals surface area contributed by atoms with Gasteiger partial charge in [0.05, 0.1) is 6.54 Å². The fraction of sp³-hybridized carbons (Fsp3) is 0.500. The maximum atomic E-state index is 11.5. The van der Waals surface area contributed by atoms with Crippen molar-refractivity contribution < 1.29 is 4.79 Å². The molecule has 0 aliphatic heterocycles. The molecular formula is C14H21ClN2O. The van der Waals surface area contributed by atoms with Gasteiger partial charge in [0.2, 0.25) is 5.91 Å². The minimum absolute atomic E-state index is 0. The first kappa shape index (κ1) is 15.0. The molecule has 2 N–H and O–H groups in total. The SMILES string of the molecule is CNCC(=O)NCC1(c2ccccc2)CCC1.Cl. The van der Waals surface area contributed by atoms with Crippen LogP contribution in [0.25, 0.3) is 0 Å². The van der Waals surface area contributed by atoms with E-state index in [0.717, 1.165) is 6.54 Å². The Morgan fingerprint density at radius 1 is 1.28 bits per heavy atom. The molecule has 1 aromatic carbocycles. The number of rotatable bonds is 5. The van der Waals surface area contributed by atoms with Gasteiger partial charge in [0.15, 0.2) is 0 Å². The number of carbonyl (C=O) groups excluding carboxylic acids is 1. The summed E-state index contributed by atoms with van der Waals surface area (Å²) >= 11 is 0. The van der Waals surface area contributed by atoms with E-state index in [1.165, 1.54) is 24.8 Å². The van der Waals surface area contributed by atoms with Crippen LogP contribution in [0, 0.1) is 0 Å². The Morgan fingerprint density at radius 3 is 2.44 bits per heavy atom. The zero-order valence-corrected chi connectivity index (χ0v) is 11.6. The van der Waals surface area contributed by atoms with E-state index in [0.29, 0.717) is 6.54 Å². The highest BCUT2D eigenvalue weighted by atomic mass is 35.5. The smallest absolute Gasteiger partial charge is 0.233 e. The van der Waals surface area contributed by atoms with Crippen LogP contribution in [0.1, 0.15) is 24.8 Å². The van der Waals surface area contributed by atoms with Crippen LogP contribution in [0.4, 0.5) is 0 Å². The number of halogens is 1. The molecule has 1 saturated carbocycles. The quantitative estimate of drug-likeness (QED) is 0.856. The molecule has 0 atom stereocenters. The number of nitrogens with one attached hydrogen (secondary N) is 2. The summed E-state index contributed by atoms with van der Waals surface area (Å²) in [5.74, 6) is 0.0784. The summed E-state index contributed by atoms with van der Waals surface area (Å²) in [5, 5.41) is 5.89. The van der Waals surface area contributed by atoms with Crippen molar-refractivity contribution in [2.75, 3.05) is 20.1 Å². The molecule has 0 aromatic heterocycles. The van der Waals surface area contributed by atoms with Crippen molar-refractivity contribution in [1.29, 1.82) is 0 Å². The number of hydrogen-bond acceptors (Lipinski definition) is 2. The molecule has 2 rings (SSSR count). The maximum absolute atomic E-state index is 11.5. The molecule has 0 bridgehead atoms. The second-order valence-corrected chi connectivity index (χ2v) is 4.81. The average Bonchev–Trinajstić information content (AvgIpc) is 2.29. The zero-order chi connectivity index (χ0) is 12.1. The van der Waals surface area contributed by atoms with Gasteiger partial charge in [-0.3, -0.25) is 4.79 Å². The molecule has 100 valence electrons. The third kappa shape index (κ3) is 3.24. The van der Waals surface area contributed by atoms with Crippen LogP contribution >= 0.6 is 12.4 Å². The van der Waals surface area contributed by atoms with Gasteiger partial charge in [0, 0.05) is 12.0 Å². The lowest BCUT2D eigenvalue weighted by atomic mass is 9.64. The van der Waals surface area contributed by atoms with Gasteiger partial charge in [-0.15, -0.1) is 12.4 Å². The Hall–Kier alpha value is -1.06. The first-order valence-corrected chi connectivity index (χ1v) is 6.24. The predicted octanol–water partition coefficient (Wildman–Crippen LogP) is 1.87. The Balaban J connectivity index is 0.00000162. The van der Waals surface area contributed by atoms with Gasteiger partial charge in [-0.05, 0) is 25.5 Å². The first-order chi connectivity index (χ1) is 8.27. The number of carbonyl (C=O) groups is 1. The van der Waals surface area contributed by atoms with Crippen LogP contribution in [0.5, 0.6) is 0 Å². The Morgan fingerprint density at radius 2 is 1.94 bits per heavy atom. The summed E-state index contributed by atoms with van der Waals surface area (Å²) < 4.78 is 0. The third-order valence-corrected chi connectivity index (χ3v) is 3.66. The van der Waals surface area contributed by atoms with Crippen LogP contribution in [0.2, 0.25) is 0 Å². The molecule has 1 aliphatic rings. The van der Waals surface area contributed by atoms with E-state index in [-0.39, 0.29) is 23.7 Å². The van der Waals surface area contributed by atoms with Crippen molar-refractivity contribution >= 4 is 18.3 Å². The lowest BCUT2D eigenvalue weighted by Crippen LogP contribution is -2.47. The van der Waals surface area contributed by atoms with E-state index < -0.39 is 0 Å². The summed E-state index contributed by atoms with van der Waals surface area (Å²) in [6.45, 7) is 1.16. The maximum Gasteiger partial charge on any atom is 0.233 e. The molecule has 4 heteroatoms. The van der Waals surface area contributed by atoms with E-state index >= 15 is 0 Å². The molecular weight excluding hydrogens is 248 g/mol. The van der Waals surface area contributed by atoms with Gasteiger partial charge in [-0.25, -0.2) is 0 Å². The number of amides is 1. The van der Waals surface area contributed by atoms with Gasteiger partial charge < -0.3 is 10.6 Å². The number of hydrogen-bond donors (Lipinski definition) is 2. The molecule has 1 fully saturated rings. The monoisotopic (exact) mass is 268 g/mol. The highest BCUT2D eigenvalue weighted by molar-refractivity contribution is 5.85. The van der Waals surface area contributed by atoms with E-state index in [1.807, 2.05) is 6.07 Å². The van der Waals surface area contributed by atoms with Gasteiger partial charge in [-0.1, -0.05) is 36.8 Å². The second kappa shape index (κ2) is 6.76. The minimum Gasteiger partial charge on any atom is -0.354 e. The van der Waals surface area contributed by atoms with Crippen molar-refractivity contribution in [1.82, 2.24) is 10.6 Å². The highest BCUT2D eigenvalue weighted by Gasteiger charge is 2.38. The molecule has 0 unspecified atom stereocenters. The lowest BCUT2D eigenvalue weighted by Gasteiger charge is -2.42. The van der Waals surface area contributed by atoms with Crippen LogP contribution in [-0.4, -0.2) is 26.0 Å². The van der Waals surface area contributed by atoms with Crippen molar-refractivity contribution in [3.05, 3.63) is 35.9 Å². The lowest BCUT2D eigenvalue weighted by molar-refractivity contribution is -0.120. The Labute approximate surface area is 115 Å². The summed E-state index contributed by atoms with van der Waals surface area (Å²) in [4.78, 5) is 11.5. The molecule has 0 radical (unpaired) electrons. The molecule has 3 nitrogen and oxygen atoms in total. The van der Waals surface area contributed by atoms with Crippen LogP contribution in [-0.2, 0) is 10.2 Å². The fourth-order valence-electron chi connectivity index (χ4n) is 2.45. The van der Waals surface area contributed by atoms with Gasteiger partial charge >= 0.3 is 0 Å². The third-order valence-electron chi connectivity index (χ3n) is 3.66. The normalized spacial score (nSPS) is 16.3. The zero-order valence-electron chi connectivity index (χ0n) is 10.7. The predicted molar refractivity (Wildman–Crippen MR) is 76.2 cm³/mol. The number of likely N-dealkylation sites (N-methyl/N-ethyl adjacent to an activating group) is 1. The summed E-state index contributed by atoms with van der Waals surface area (Å²) in [7, 11) is 1.79. The van der Waals surface area contributed by atoms with E-state index in [1.54, 1.807) is 7.05 Å². The fourth-order valence-corrected chi connectivity index (χ4v) is 2.45. The van der Waals surface area contributed by atoms with Crippen molar-refractivity contribution in [2.24, 2.45) is 0 Å². The second-order valence-electron chi connectivity index (χ2n) is 4.81. The summed E-state index contributed by atoms with van der Waals surface area (Å²) in [6.07, 6.45) is 3.62. The van der Waals surface area contributed by atoms with Crippen LogP contribution in [0.3, 0.4) is 0 Å². The van der Waals surface area contributed by atoms with Crippen LogP contribution < -0.4 is 10.6 Å². The summed E-state index contributed by atoms with van der Waals surface area (Å²) in [5.41, 5.74) is 1.54. The van der Waals surface area contributed by atoms with Crippen LogP contribution in [0.15, 0.2) is 30.3 Å². The average molecular weight is 269 g/mol. The minimum atomic E-state index is 0. The molecule has 0 heterocycles. The Bertz CT molecular complexity index is 377. The van der Waals surface area contributed by atoms with Gasteiger partial charge in [0.1, 0.15) is 0 Å². The highest BCUT2D eigenvalue weighted by Crippen LogP contribution is 2.42. The largest absolute Gasteiger partial charge is 0.354 e. The molecule has 1 amide bonds. The first-order valence-electron chi connectivity index (χ1n) is 6.24. The van der Waals surface area contributed by atoms with Gasteiger partial charge in [-0.2, -0.15) is 0 Å². The van der Waals surface area contributed by atoms with E-state index in [4.69, 9.17) is 0 Å².